The van der Waals surface area contributed by atoms with E-state index in [-0.39, 0.29) is 17.5 Å². The van der Waals surface area contributed by atoms with Gasteiger partial charge in [0.25, 0.3) is 0 Å². The zero-order valence-electron chi connectivity index (χ0n) is 18.4. The highest BCUT2D eigenvalue weighted by atomic mass is 16.5. The van der Waals surface area contributed by atoms with Crippen molar-refractivity contribution in [3.63, 3.8) is 0 Å². The van der Waals surface area contributed by atoms with Crippen molar-refractivity contribution in [2.75, 3.05) is 20.8 Å². The third-order valence-electron chi connectivity index (χ3n) is 3.81. The first kappa shape index (κ1) is 26.0. The predicted octanol–water partition coefficient (Wildman–Crippen LogP) is 4.83. The van der Waals surface area contributed by atoms with Gasteiger partial charge in [0.15, 0.2) is 0 Å². The molecule has 32 heavy (non-hydrogen) atoms. The summed E-state index contributed by atoms with van der Waals surface area (Å²) >= 11 is 0. The van der Waals surface area contributed by atoms with Gasteiger partial charge in [-0.1, -0.05) is 25.1 Å². The lowest BCUT2D eigenvalue weighted by atomic mass is 10.2. The minimum absolute atomic E-state index is 0.137. The SMILES string of the molecule is CCCOC(=O)c1ccc(O)cc1.COC(=O)c1ccc(O)cc1.COc1ccccc1. The smallest absolute Gasteiger partial charge is 0.338 e. The first-order chi connectivity index (χ1) is 15.4. The number of hydrogen-bond donors (Lipinski definition) is 2. The van der Waals surface area contributed by atoms with Crippen LogP contribution in [0.1, 0.15) is 34.1 Å². The second-order valence-corrected chi connectivity index (χ2v) is 6.24. The number of benzene rings is 3. The fourth-order valence-electron chi connectivity index (χ4n) is 2.15. The van der Waals surface area contributed by atoms with E-state index in [1.54, 1.807) is 7.11 Å². The Morgan fingerprint density at radius 3 is 1.56 bits per heavy atom. The van der Waals surface area contributed by atoms with Crippen molar-refractivity contribution in [3.8, 4) is 17.2 Å². The topological polar surface area (TPSA) is 102 Å². The van der Waals surface area contributed by atoms with Gasteiger partial charge in [0.2, 0.25) is 0 Å². The van der Waals surface area contributed by atoms with Gasteiger partial charge in [-0.25, -0.2) is 9.59 Å². The Morgan fingerprint density at radius 2 is 1.19 bits per heavy atom. The zero-order valence-corrected chi connectivity index (χ0v) is 18.4. The van der Waals surface area contributed by atoms with Crippen LogP contribution in [0.4, 0.5) is 0 Å². The number of phenolic OH excluding ortho intramolecular Hbond substituents is 2. The number of carbonyl (C=O) groups is 2. The number of para-hydroxylation sites is 1. The van der Waals surface area contributed by atoms with E-state index in [1.807, 2.05) is 37.3 Å². The molecule has 0 bridgehead atoms. The number of esters is 2. The molecule has 0 amide bonds. The second kappa shape index (κ2) is 14.9. The Kier molecular flexibility index (Phi) is 12.1. The number of rotatable bonds is 5. The van der Waals surface area contributed by atoms with Gasteiger partial charge in [0.1, 0.15) is 17.2 Å². The monoisotopic (exact) mass is 440 g/mol. The zero-order chi connectivity index (χ0) is 23.8. The molecule has 3 aromatic carbocycles. The molecule has 0 aliphatic rings. The Morgan fingerprint density at radius 1 is 0.719 bits per heavy atom. The van der Waals surface area contributed by atoms with Crippen LogP contribution in [0.25, 0.3) is 0 Å². The van der Waals surface area contributed by atoms with Crippen molar-refractivity contribution in [3.05, 3.63) is 90.0 Å². The van der Waals surface area contributed by atoms with Gasteiger partial charge >= 0.3 is 11.9 Å². The summed E-state index contributed by atoms with van der Waals surface area (Å²) in [7, 11) is 2.98. The summed E-state index contributed by atoms with van der Waals surface area (Å²) in [6.45, 7) is 2.36. The molecule has 0 atom stereocenters. The van der Waals surface area contributed by atoms with Crippen molar-refractivity contribution >= 4 is 11.9 Å². The minimum Gasteiger partial charge on any atom is -0.508 e. The highest BCUT2D eigenvalue weighted by Gasteiger charge is 2.05. The van der Waals surface area contributed by atoms with Crippen molar-refractivity contribution in [2.24, 2.45) is 0 Å². The lowest BCUT2D eigenvalue weighted by molar-refractivity contribution is 0.0504. The van der Waals surface area contributed by atoms with Gasteiger partial charge in [0, 0.05) is 0 Å². The quantitative estimate of drug-likeness (QED) is 0.548. The van der Waals surface area contributed by atoms with Crippen LogP contribution in [0.15, 0.2) is 78.9 Å². The van der Waals surface area contributed by atoms with Crippen molar-refractivity contribution in [2.45, 2.75) is 13.3 Å². The molecule has 7 nitrogen and oxygen atoms in total. The average molecular weight is 440 g/mol. The predicted molar refractivity (Wildman–Crippen MR) is 121 cm³/mol. The van der Waals surface area contributed by atoms with E-state index in [4.69, 9.17) is 19.7 Å². The van der Waals surface area contributed by atoms with Crippen LogP contribution in [-0.2, 0) is 9.47 Å². The molecule has 0 saturated carbocycles. The van der Waals surface area contributed by atoms with Crippen molar-refractivity contribution in [1.29, 1.82) is 0 Å². The molecule has 0 spiro atoms. The highest BCUT2D eigenvalue weighted by Crippen LogP contribution is 2.11. The molecule has 0 heterocycles. The summed E-state index contributed by atoms with van der Waals surface area (Å²) in [5.41, 5.74) is 0.900. The van der Waals surface area contributed by atoms with E-state index in [0.717, 1.165) is 12.2 Å². The molecule has 0 aliphatic carbocycles. The molecular formula is C25H28O7. The maximum atomic E-state index is 11.2. The van der Waals surface area contributed by atoms with Gasteiger partial charge < -0.3 is 24.4 Å². The van der Waals surface area contributed by atoms with Crippen LogP contribution in [0.5, 0.6) is 17.2 Å². The number of methoxy groups -OCH3 is 2. The minimum atomic E-state index is -0.398. The lowest BCUT2D eigenvalue weighted by Gasteiger charge is -2.02. The first-order valence-electron chi connectivity index (χ1n) is 9.83. The molecule has 0 aromatic heterocycles. The lowest BCUT2D eigenvalue weighted by Crippen LogP contribution is -2.05. The van der Waals surface area contributed by atoms with E-state index in [1.165, 1.54) is 55.6 Å². The normalized spacial score (nSPS) is 9.22. The summed E-state index contributed by atoms with van der Waals surface area (Å²) in [6, 6.07) is 21.5. The molecule has 0 saturated heterocycles. The van der Waals surface area contributed by atoms with Crippen molar-refractivity contribution in [1.82, 2.24) is 0 Å². The maximum absolute atomic E-state index is 11.2. The molecule has 0 unspecified atom stereocenters. The Balaban J connectivity index is 0.000000247. The van der Waals surface area contributed by atoms with E-state index in [2.05, 4.69) is 4.74 Å². The molecule has 0 radical (unpaired) electrons. The van der Waals surface area contributed by atoms with Gasteiger partial charge in [-0.05, 0) is 67.1 Å². The molecule has 2 N–H and O–H groups in total. The number of carbonyl (C=O) groups excluding carboxylic acids is 2. The van der Waals surface area contributed by atoms with Crippen molar-refractivity contribution < 1.29 is 34.0 Å². The summed E-state index contributed by atoms with van der Waals surface area (Å²) in [6.07, 6.45) is 0.809. The molecule has 0 fully saturated rings. The van der Waals surface area contributed by atoms with Crippen LogP contribution in [0.3, 0.4) is 0 Å². The molecule has 170 valence electrons. The fraction of sp³-hybridized carbons (Fsp3) is 0.200. The molecule has 3 aromatic rings. The summed E-state index contributed by atoms with van der Waals surface area (Å²) in [5.74, 6) is 0.448. The Labute approximate surface area is 187 Å². The van der Waals surface area contributed by atoms with E-state index >= 15 is 0 Å². The van der Waals surface area contributed by atoms with Crippen LogP contribution in [0, 0.1) is 0 Å². The summed E-state index contributed by atoms with van der Waals surface area (Å²) in [4.78, 5) is 22.0. The summed E-state index contributed by atoms with van der Waals surface area (Å²) in [5, 5.41) is 17.8. The van der Waals surface area contributed by atoms with E-state index in [0.29, 0.717) is 17.7 Å². The van der Waals surface area contributed by atoms with Gasteiger partial charge in [-0.15, -0.1) is 0 Å². The average Bonchev–Trinajstić information content (AvgIpc) is 2.84. The largest absolute Gasteiger partial charge is 0.508 e. The van der Waals surface area contributed by atoms with Gasteiger partial charge in [-0.2, -0.15) is 0 Å². The molecule has 0 aliphatic heterocycles. The third-order valence-corrected chi connectivity index (χ3v) is 3.81. The highest BCUT2D eigenvalue weighted by molar-refractivity contribution is 5.89. The van der Waals surface area contributed by atoms with Crippen LogP contribution in [-0.4, -0.2) is 43.0 Å². The van der Waals surface area contributed by atoms with Crippen LogP contribution < -0.4 is 4.74 Å². The first-order valence-corrected chi connectivity index (χ1v) is 9.83. The molecule has 3 rings (SSSR count). The number of phenols is 2. The Bertz CT molecular complexity index is 921. The van der Waals surface area contributed by atoms with Gasteiger partial charge in [-0.3, -0.25) is 0 Å². The standard InChI is InChI=1S/C10H12O3.C8H8O3.C7H8O/c1-2-7-13-10(12)8-3-5-9(11)6-4-8;1-11-8(10)6-2-4-7(9)5-3-6;1-8-7-5-3-2-4-6-7/h3-6,11H,2,7H2,1H3;2-5,9H,1H3;2-6H,1H3. The second-order valence-electron chi connectivity index (χ2n) is 6.24. The fourth-order valence-corrected chi connectivity index (χ4v) is 2.15. The number of aromatic hydroxyl groups is 2. The Hall–Kier alpha value is -4.00. The number of ether oxygens (including phenoxy) is 3. The third kappa shape index (κ3) is 10.2. The molecule has 7 heteroatoms. The summed E-state index contributed by atoms with van der Waals surface area (Å²) < 4.78 is 14.3. The van der Waals surface area contributed by atoms with E-state index < -0.39 is 5.97 Å². The van der Waals surface area contributed by atoms with Gasteiger partial charge in [0.05, 0.1) is 32.0 Å². The number of hydrogen-bond acceptors (Lipinski definition) is 7. The van der Waals surface area contributed by atoms with E-state index in [9.17, 15) is 9.59 Å². The maximum Gasteiger partial charge on any atom is 0.338 e. The van der Waals surface area contributed by atoms with Crippen LogP contribution in [0.2, 0.25) is 0 Å². The molecular weight excluding hydrogens is 412 g/mol. The van der Waals surface area contributed by atoms with Crippen LogP contribution >= 0.6 is 0 Å².